The van der Waals surface area contributed by atoms with Crippen LogP contribution < -0.4 is 5.32 Å². The van der Waals surface area contributed by atoms with Crippen molar-refractivity contribution in [3.63, 3.8) is 0 Å². The van der Waals surface area contributed by atoms with Gasteiger partial charge in [-0.25, -0.2) is 0 Å². The minimum atomic E-state index is -0.624. The lowest BCUT2D eigenvalue weighted by molar-refractivity contribution is -0.140. The van der Waals surface area contributed by atoms with Gasteiger partial charge < -0.3 is 5.32 Å². The molecule has 2 amide bonds. The van der Waals surface area contributed by atoms with E-state index in [1.807, 2.05) is 13.8 Å². The standard InChI is InChI=1S/C14H15Cl3N2O2/c1-3-7(2)19-13(20)6-12(14(19)21)18-11-5-9(16)8(15)4-10(11)17/h4-5,7,12,18H,3,6H2,1-2H3. The van der Waals surface area contributed by atoms with E-state index in [0.29, 0.717) is 20.8 Å². The van der Waals surface area contributed by atoms with Crippen LogP contribution >= 0.6 is 34.8 Å². The molecule has 1 aromatic rings. The van der Waals surface area contributed by atoms with Crippen LogP contribution in [0.5, 0.6) is 0 Å². The summed E-state index contributed by atoms with van der Waals surface area (Å²) in [4.78, 5) is 25.6. The van der Waals surface area contributed by atoms with Gasteiger partial charge in [-0.15, -0.1) is 0 Å². The van der Waals surface area contributed by atoms with Gasteiger partial charge in [0.1, 0.15) is 6.04 Å². The first-order valence-corrected chi connectivity index (χ1v) is 7.75. The van der Waals surface area contributed by atoms with Crippen molar-refractivity contribution in [1.82, 2.24) is 4.90 Å². The molecule has 2 atom stereocenters. The summed E-state index contributed by atoms with van der Waals surface area (Å²) in [7, 11) is 0. The van der Waals surface area contributed by atoms with Gasteiger partial charge in [-0.2, -0.15) is 0 Å². The number of benzene rings is 1. The van der Waals surface area contributed by atoms with Crippen LogP contribution in [0.25, 0.3) is 0 Å². The van der Waals surface area contributed by atoms with Crippen LogP contribution in [0.3, 0.4) is 0 Å². The number of anilines is 1. The summed E-state index contributed by atoms with van der Waals surface area (Å²) in [6.07, 6.45) is 0.831. The fraction of sp³-hybridized carbons (Fsp3) is 0.429. The molecule has 0 aliphatic carbocycles. The minimum Gasteiger partial charge on any atom is -0.372 e. The van der Waals surface area contributed by atoms with Crippen LogP contribution in [0.2, 0.25) is 15.1 Å². The summed E-state index contributed by atoms with van der Waals surface area (Å²) in [6.45, 7) is 3.78. The number of carbonyl (C=O) groups excluding carboxylic acids is 2. The summed E-state index contributed by atoms with van der Waals surface area (Å²) in [5.74, 6) is -0.417. The Balaban J connectivity index is 2.20. The van der Waals surface area contributed by atoms with E-state index in [4.69, 9.17) is 34.8 Å². The molecular weight excluding hydrogens is 335 g/mol. The van der Waals surface area contributed by atoms with Crippen molar-refractivity contribution in [2.45, 2.75) is 38.8 Å². The normalized spacial score (nSPS) is 20.0. The van der Waals surface area contributed by atoms with Gasteiger partial charge in [0.05, 0.1) is 27.2 Å². The lowest BCUT2D eigenvalue weighted by Gasteiger charge is -2.22. The lowest BCUT2D eigenvalue weighted by atomic mass is 10.2. The highest BCUT2D eigenvalue weighted by Crippen LogP contribution is 2.33. The Hall–Kier alpha value is -0.970. The summed E-state index contributed by atoms with van der Waals surface area (Å²) < 4.78 is 0. The quantitative estimate of drug-likeness (QED) is 0.660. The zero-order valence-corrected chi connectivity index (χ0v) is 13.9. The zero-order chi connectivity index (χ0) is 15.7. The topological polar surface area (TPSA) is 49.4 Å². The van der Waals surface area contributed by atoms with Crippen molar-refractivity contribution in [2.24, 2.45) is 0 Å². The second-order valence-electron chi connectivity index (χ2n) is 5.01. The molecule has 1 aliphatic heterocycles. The molecule has 1 fully saturated rings. The van der Waals surface area contributed by atoms with Crippen LogP contribution in [-0.2, 0) is 9.59 Å². The van der Waals surface area contributed by atoms with Gasteiger partial charge >= 0.3 is 0 Å². The maximum absolute atomic E-state index is 12.3. The van der Waals surface area contributed by atoms with Crippen molar-refractivity contribution >= 4 is 52.3 Å². The van der Waals surface area contributed by atoms with E-state index in [2.05, 4.69) is 5.32 Å². The number of hydrogen-bond acceptors (Lipinski definition) is 3. The fourth-order valence-corrected chi connectivity index (χ4v) is 2.83. The Morgan fingerprint density at radius 2 is 1.86 bits per heavy atom. The first kappa shape index (κ1) is 16.4. The molecular formula is C14H15Cl3N2O2. The van der Waals surface area contributed by atoms with Crippen molar-refractivity contribution in [3.8, 4) is 0 Å². The van der Waals surface area contributed by atoms with Gasteiger partial charge in [-0.05, 0) is 25.5 Å². The summed E-state index contributed by atoms with van der Waals surface area (Å²) in [6, 6.07) is 2.32. The average molecular weight is 350 g/mol. The average Bonchev–Trinajstić information content (AvgIpc) is 2.70. The van der Waals surface area contributed by atoms with E-state index in [9.17, 15) is 9.59 Å². The second kappa shape index (κ2) is 6.42. The van der Waals surface area contributed by atoms with Crippen molar-refractivity contribution in [1.29, 1.82) is 0 Å². The molecule has 1 N–H and O–H groups in total. The molecule has 21 heavy (non-hydrogen) atoms. The van der Waals surface area contributed by atoms with Gasteiger partial charge in [-0.1, -0.05) is 41.7 Å². The smallest absolute Gasteiger partial charge is 0.252 e. The van der Waals surface area contributed by atoms with Crippen LogP contribution in [0, 0.1) is 0 Å². The third-order valence-electron chi connectivity index (χ3n) is 3.55. The van der Waals surface area contributed by atoms with E-state index in [1.54, 1.807) is 6.07 Å². The second-order valence-corrected chi connectivity index (χ2v) is 6.23. The Bertz CT molecular complexity index is 592. The van der Waals surface area contributed by atoms with Crippen molar-refractivity contribution in [3.05, 3.63) is 27.2 Å². The molecule has 0 radical (unpaired) electrons. The molecule has 7 heteroatoms. The van der Waals surface area contributed by atoms with Gasteiger partial charge in [0.2, 0.25) is 5.91 Å². The highest BCUT2D eigenvalue weighted by Gasteiger charge is 2.40. The first-order valence-electron chi connectivity index (χ1n) is 6.62. The largest absolute Gasteiger partial charge is 0.372 e. The Morgan fingerprint density at radius 3 is 2.48 bits per heavy atom. The number of halogens is 3. The Morgan fingerprint density at radius 1 is 1.24 bits per heavy atom. The highest BCUT2D eigenvalue weighted by molar-refractivity contribution is 6.44. The molecule has 0 aromatic heterocycles. The van der Waals surface area contributed by atoms with Crippen molar-refractivity contribution in [2.75, 3.05) is 5.32 Å². The van der Waals surface area contributed by atoms with Gasteiger partial charge in [0, 0.05) is 6.04 Å². The van der Waals surface area contributed by atoms with Gasteiger partial charge in [0.25, 0.3) is 5.91 Å². The number of carbonyl (C=O) groups is 2. The van der Waals surface area contributed by atoms with Crippen molar-refractivity contribution < 1.29 is 9.59 Å². The molecule has 2 rings (SSSR count). The molecule has 0 saturated carbocycles. The van der Waals surface area contributed by atoms with E-state index >= 15 is 0 Å². The minimum absolute atomic E-state index is 0.110. The summed E-state index contributed by atoms with van der Waals surface area (Å²) in [5.41, 5.74) is 0.489. The predicted octanol–water partition coefficient (Wildman–Crippen LogP) is 3.98. The monoisotopic (exact) mass is 348 g/mol. The number of hydrogen-bond donors (Lipinski definition) is 1. The van der Waals surface area contributed by atoms with Crippen LogP contribution in [0.1, 0.15) is 26.7 Å². The Kier molecular flexibility index (Phi) is 5.02. The third kappa shape index (κ3) is 3.28. The number of nitrogens with one attached hydrogen (secondary N) is 1. The van der Waals surface area contributed by atoms with Crippen LogP contribution in [-0.4, -0.2) is 28.8 Å². The lowest BCUT2D eigenvalue weighted by Crippen LogP contribution is -2.40. The molecule has 0 spiro atoms. The van der Waals surface area contributed by atoms with E-state index < -0.39 is 6.04 Å². The first-order chi connectivity index (χ1) is 9.85. The highest BCUT2D eigenvalue weighted by atomic mass is 35.5. The van der Waals surface area contributed by atoms with E-state index in [-0.39, 0.29) is 24.3 Å². The predicted molar refractivity (Wildman–Crippen MR) is 85.1 cm³/mol. The van der Waals surface area contributed by atoms with E-state index in [0.717, 1.165) is 6.42 Å². The third-order valence-corrected chi connectivity index (χ3v) is 4.59. The summed E-state index contributed by atoms with van der Waals surface area (Å²) >= 11 is 17.9. The molecule has 1 heterocycles. The molecule has 4 nitrogen and oxygen atoms in total. The maximum atomic E-state index is 12.3. The van der Waals surface area contributed by atoms with Crippen LogP contribution in [0.15, 0.2) is 12.1 Å². The number of amides is 2. The van der Waals surface area contributed by atoms with E-state index in [1.165, 1.54) is 11.0 Å². The molecule has 1 aliphatic rings. The maximum Gasteiger partial charge on any atom is 0.252 e. The molecule has 2 unspecified atom stereocenters. The van der Waals surface area contributed by atoms with Crippen LogP contribution in [0.4, 0.5) is 5.69 Å². The number of rotatable bonds is 4. The van der Waals surface area contributed by atoms with Gasteiger partial charge in [0.15, 0.2) is 0 Å². The fourth-order valence-electron chi connectivity index (χ4n) is 2.23. The zero-order valence-electron chi connectivity index (χ0n) is 11.6. The molecule has 114 valence electrons. The molecule has 1 aromatic carbocycles. The Labute approximate surface area is 138 Å². The number of likely N-dealkylation sites (tertiary alicyclic amines) is 1. The molecule has 1 saturated heterocycles. The number of imide groups is 1. The SMILES string of the molecule is CCC(C)N1C(=O)CC(Nc2cc(Cl)c(Cl)cc2Cl)C1=O. The molecule has 0 bridgehead atoms. The summed E-state index contributed by atoms with van der Waals surface area (Å²) in [5, 5.41) is 4.00. The van der Waals surface area contributed by atoms with Gasteiger partial charge in [-0.3, -0.25) is 14.5 Å². The number of nitrogens with zero attached hydrogens (tertiary/aromatic N) is 1.